The lowest BCUT2D eigenvalue weighted by Crippen LogP contribution is -2.24. The van der Waals surface area contributed by atoms with Crippen molar-refractivity contribution in [3.05, 3.63) is 48.0 Å². The van der Waals surface area contributed by atoms with Crippen molar-refractivity contribution in [2.75, 3.05) is 14.2 Å². The van der Waals surface area contributed by atoms with Crippen LogP contribution < -0.4 is 0 Å². The number of hydrogen-bond donors (Lipinski definition) is 1. The number of aliphatic hydroxyl groups excluding tert-OH is 1. The lowest BCUT2D eigenvalue weighted by atomic mass is 10.1. The molecule has 0 bridgehead atoms. The summed E-state index contributed by atoms with van der Waals surface area (Å²) in [6.07, 6.45) is 3.81. The molecule has 4 heteroatoms. The standard InChI is InChI=1S/C14H19NO3/c1-15(18-2)14(17)11-7-6-10-13(16)12-8-4-3-5-9-12/h3-6,8-10,13,16H,7,11H2,1-2H3/b10-6-. The number of nitrogens with zero attached hydrogens (tertiary/aromatic N) is 1. The van der Waals surface area contributed by atoms with Gasteiger partial charge in [0.2, 0.25) is 5.91 Å². The highest BCUT2D eigenvalue weighted by molar-refractivity contribution is 5.74. The molecule has 0 aliphatic rings. The van der Waals surface area contributed by atoms with Crippen LogP contribution in [0.1, 0.15) is 24.5 Å². The Morgan fingerprint density at radius 3 is 2.72 bits per heavy atom. The molecule has 18 heavy (non-hydrogen) atoms. The molecular weight excluding hydrogens is 230 g/mol. The molecule has 0 aliphatic heterocycles. The highest BCUT2D eigenvalue weighted by Crippen LogP contribution is 2.13. The van der Waals surface area contributed by atoms with E-state index in [1.165, 1.54) is 12.2 Å². The summed E-state index contributed by atoms with van der Waals surface area (Å²) in [5, 5.41) is 11.0. The molecule has 1 aromatic carbocycles. The predicted octanol–water partition coefficient (Wildman–Crippen LogP) is 2.08. The number of benzene rings is 1. The first-order chi connectivity index (χ1) is 8.65. The van der Waals surface area contributed by atoms with Gasteiger partial charge in [0.1, 0.15) is 0 Å². The molecule has 0 aromatic heterocycles. The van der Waals surface area contributed by atoms with E-state index in [0.29, 0.717) is 12.8 Å². The monoisotopic (exact) mass is 249 g/mol. The van der Waals surface area contributed by atoms with Crippen LogP contribution in [0.2, 0.25) is 0 Å². The third kappa shape index (κ3) is 4.69. The van der Waals surface area contributed by atoms with Gasteiger partial charge in [0.15, 0.2) is 0 Å². The molecule has 4 nitrogen and oxygen atoms in total. The second kappa shape index (κ2) is 7.63. The van der Waals surface area contributed by atoms with Crippen LogP contribution in [-0.2, 0) is 9.63 Å². The predicted molar refractivity (Wildman–Crippen MR) is 69.6 cm³/mol. The van der Waals surface area contributed by atoms with Crippen LogP contribution in [0.15, 0.2) is 42.5 Å². The van der Waals surface area contributed by atoms with E-state index in [0.717, 1.165) is 5.56 Å². The molecule has 1 amide bonds. The van der Waals surface area contributed by atoms with Crippen molar-refractivity contribution in [2.45, 2.75) is 18.9 Å². The van der Waals surface area contributed by atoms with Crippen LogP contribution >= 0.6 is 0 Å². The summed E-state index contributed by atoms with van der Waals surface area (Å²) in [5.41, 5.74) is 0.842. The molecule has 1 atom stereocenters. The lowest BCUT2D eigenvalue weighted by Gasteiger charge is -2.12. The number of rotatable bonds is 6. The highest BCUT2D eigenvalue weighted by Gasteiger charge is 2.06. The van der Waals surface area contributed by atoms with E-state index >= 15 is 0 Å². The fourth-order valence-corrected chi connectivity index (χ4v) is 1.45. The van der Waals surface area contributed by atoms with Gasteiger partial charge in [0, 0.05) is 13.5 Å². The first-order valence-corrected chi connectivity index (χ1v) is 5.85. The largest absolute Gasteiger partial charge is 0.384 e. The zero-order valence-electron chi connectivity index (χ0n) is 10.7. The quantitative estimate of drug-likeness (QED) is 0.620. The summed E-state index contributed by atoms with van der Waals surface area (Å²) >= 11 is 0. The fraction of sp³-hybridized carbons (Fsp3) is 0.357. The number of carbonyl (C=O) groups is 1. The normalized spacial score (nSPS) is 12.6. The van der Waals surface area contributed by atoms with Gasteiger partial charge < -0.3 is 5.11 Å². The van der Waals surface area contributed by atoms with Gasteiger partial charge in [0.25, 0.3) is 0 Å². The van der Waals surface area contributed by atoms with Crippen molar-refractivity contribution in [1.82, 2.24) is 5.06 Å². The Balaban J connectivity index is 2.35. The second-order valence-electron chi connectivity index (χ2n) is 3.90. The number of hydrogen-bond acceptors (Lipinski definition) is 3. The van der Waals surface area contributed by atoms with Gasteiger partial charge in [-0.3, -0.25) is 9.63 Å². The lowest BCUT2D eigenvalue weighted by molar-refractivity contribution is -0.168. The van der Waals surface area contributed by atoms with E-state index in [9.17, 15) is 9.90 Å². The van der Waals surface area contributed by atoms with Crippen LogP contribution in [0.5, 0.6) is 0 Å². The summed E-state index contributed by atoms with van der Waals surface area (Å²) in [5.74, 6) is -0.0867. The molecular formula is C14H19NO3. The number of amides is 1. The van der Waals surface area contributed by atoms with Gasteiger partial charge >= 0.3 is 0 Å². The zero-order chi connectivity index (χ0) is 13.4. The molecule has 0 heterocycles. The van der Waals surface area contributed by atoms with Crippen molar-refractivity contribution in [3.63, 3.8) is 0 Å². The summed E-state index contributed by atoms with van der Waals surface area (Å²) in [7, 11) is 3.03. The van der Waals surface area contributed by atoms with Crippen molar-refractivity contribution < 1.29 is 14.7 Å². The van der Waals surface area contributed by atoms with Crippen molar-refractivity contribution in [1.29, 1.82) is 0 Å². The van der Waals surface area contributed by atoms with E-state index in [-0.39, 0.29) is 5.91 Å². The molecule has 0 fully saturated rings. The van der Waals surface area contributed by atoms with Crippen LogP contribution in [0, 0.1) is 0 Å². The molecule has 0 aliphatic carbocycles. The Hall–Kier alpha value is -1.65. The zero-order valence-corrected chi connectivity index (χ0v) is 10.7. The highest BCUT2D eigenvalue weighted by atomic mass is 16.7. The Labute approximate surface area is 107 Å². The Kier molecular flexibility index (Phi) is 6.11. The average molecular weight is 249 g/mol. The van der Waals surface area contributed by atoms with Crippen LogP contribution in [0.4, 0.5) is 0 Å². The molecule has 0 radical (unpaired) electrons. The van der Waals surface area contributed by atoms with Gasteiger partial charge in [-0.1, -0.05) is 42.5 Å². The maximum absolute atomic E-state index is 11.4. The van der Waals surface area contributed by atoms with E-state index in [2.05, 4.69) is 0 Å². The van der Waals surface area contributed by atoms with Gasteiger partial charge in [-0.2, -0.15) is 0 Å². The molecule has 1 unspecified atom stereocenters. The third-order valence-electron chi connectivity index (χ3n) is 2.61. The second-order valence-corrected chi connectivity index (χ2v) is 3.90. The van der Waals surface area contributed by atoms with E-state index in [1.54, 1.807) is 19.2 Å². The van der Waals surface area contributed by atoms with Gasteiger partial charge in [-0.25, -0.2) is 5.06 Å². The van der Waals surface area contributed by atoms with Gasteiger partial charge in [-0.15, -0.1) is 0 Å². The molecule has 0 spiro atoms. The molecule has 1 rings (SSSR count). The number of hydroxylamine groups is 2. The van der Waals surface area contributed by atoms with Crippen LogP contribution in [0.25, 0.3) is 0 Å². The average Bonchev–Trinajstić information content (AvgIpc) is 2.43. The summed E-state index contributed by atoms with van der Waals surface area (Å²) in [6.45, 7) is 0. The summed E-state index contributed by atoms with van der Waals surface area (Å²) in [6, 6.07) is 9.38. The Bertz CT molecular complexity index is 389. The fourth-order valence-electron chi connectivity index (χ4n) is 1.45. The van der Waals surface area contributed by atoms with E-state index in [1.807, 2.05) is 30.3 Å². The summed E-state index contributed by atoms with van der Waals surface area (Å²) in [4.78, 5) is 16.2. The molecule has 0 saturated heterocycles. The maximum atomic E-state index is 11.4. The van der Waals surface area contributed by atoms with E-state index in [4.69, 9.17) is 4.84 Å². The summed E-state index contributed by atoms with van der Waals surface area (Å²) < 4.78 is 0. The first-order valence-electron chi connectivity index (χ1n) is 5.85. The smallest absolute Gasteiger partial charge is 0.246 e. The SMILES string of the molecule is CON(C)C(=O)CC/C=C\C(O)c1ccccc1. The third-order valence-corrected chi connectivity index (χ3v) is 2.61. The molecule has 1 aromatic rings. The molecule has 98 valence electrons. The number of allylic oxidation sites excluding steroid dienone is 1. The maximum Gasteiger partial charge on any atom is 0.246 e. The van der Waals surface area contributed by atoms with Crippen molar-refractivity contribution in [3.8, 4) is 0 Å². The van der Waals surface area contributed by atoms with Crippen LogP contribution in [-0.4, -0.2) is 30.2 Å². The van der Waals surface area contributed by atoms with Crippen molar-refractivity contribution in [2.24, 2.45) is 0 Å². The topological polar surface area (TPSA) is 49.8 Å². The number of aliphatic hydroxyl groups is 1. The minimum absolute atomic E-state index is 0.0867. The minimum Gasteiger partial charge on any atom is -0.384 e. The van der Waals surface area contributed by atoms with Gasteiger partial charge in [0.05, 0.1) is 13.2 Å². The van der Waals surface area contributed by atoms with E-state index < -0.39 is 6.10 Å². The molecule has 1 N–H and O–H groups in total. The molecule has 0 saturated carbocycles. The van der Waals surface area contributed by atoms with Crippen LogP contribution in [0.3, 0.4) is 0 Å². The van der Waals surface area contributed by atoms with Crippen molar-refractivity contribution >= 4 is 5.91 Å². The number of carbonyl (C=O) groups excluding carboxylic acids is 1. The van der Waals surface area contributed by atoms with Gasteiger partial charge in [-0.05, 0) is 12.0 Å². The Morgan fingerprint density at radius 2 is 2.11 bits per heavy atom. The Morgan fingerprint density at radius 1 is 1.44 bits per heavy atom. The first kappa shape index (κ1) is 14.4. The minimum atomic E-state index is -0.624.